The lowest BCUT2D eigenvalue weighted by Crippen LogP contribution is -2.54. The van der Waals surface area contributed by atoms with Gasteiger partial charge in [-0.1, -0.05) is 32.0 Å². The number of piperidine rings is 1. The van der Waals surface area contributed by atoms with E-state index in [9.17, 15) is 9.59 Å². The lowest BCUT2D eigenvalue weighted by molar-refractivity contribution is -0.122. The van der Waals surface area contributed by atoms with Crippen molar-refractivity contribution >= 4 is 11.9 Å². The van der Waals surface area contributed by atoms with Crippen LogP contribution in [0, 0.1) is 5.92 Å². The summed E-state index contributed by atoms with van der Waals surface area (Å²) in [5, 5.41) is 6.02. The number of hydrogen-bond acceptors (Lipinski definition) is 3. The van der Waals surface area contributed by atoms with E-state index in [4.69, 9.17) is 4.74 Å². The first-order chi connectivity index (χ1) is 13.8. The third-order valence-electron chi connectivity index (χ3n) is 5.82. The van der Waals surface area contributed by atoms with Crippen LogP contribution in [0.2, 0.25) is 0 Å². The molecule has 160 valence electrons. The van der Waals surface area contributed by atoms with Gasteiger partial charge in [0.25, 0.3) is 0 Å². The zero-order valence-corrected chi connectivity index (χ0v) is 18.2. The summed E-state index contributed by atoms with van der Waals surface area (Å²) in [5.74, 6) is 1.57. The number of fused-ring (bicyclic) bond motifs is 1. The summed E-state index contributed by atoms with van der Waals surface area (Å²) in [4.78, 5) is 26.7. The maximum absolute atomic E-state index is 12.5. The Morgan fingerprint density at radius 1 is 1.17 bits per heavy atom. The Balaban J connectivity index is 1.69. The molecule has 0 aromatic heterocycles. The van der Waals surface area contributed by atoms with Crippen LogP contribution < -0.4 is 15.4 Å². The second kappa shape index (κ2) is 9.06. The van der Waals surface area contributed by atoms with Crippen LogP contribution in [0.1, 0.15) is 64.9 Å². The third-order valence-corrected chi connectivity index (χ3v) is 5.82. The van der Waals surface area contributed by atoms with Crippen LogP contribution in [-0.4, -0.2) is 48.1 Å². The highest BCUT2D eigenvalue weighted by molar-refractivity contribution is 5.77. The van der Waals surface area contributed by atoms with Gasteiger partial charge in [-0.05, 0) is 37.8 Å². The number of nitrogens with zero attached hydrogens (tertiary/aromatic N) is 1. The minimum atomic E-state index is -0.300. The van der Waals surface area contributed by atoms with Crippen LogP contribution in [0.25, 0.3) is 0 Å². The van der Waals surface area contributed by atoms with E-state index in [1.165, 1.54) is 0 Å². The van der Waals surface area contributed by atoms with Crippen LogP contribution in [0.3, 0.4) is 0 Å². The molecular formula is C23H35N3O3. The fourth-order valence-corrected chi connectivity index (χ4v) is 4.30. The highest BCUT2D eigenvalue weighted by atomic mass is 16.5. The zero-order valence-electron chi connectivity index (χ0n) is 18.2. The number of hydrogen-bond donors (Lipinski definition) is 2. The monoisotopic (exact) mass is 401 g/mol. The Labute approximate surface area is 174 Å². The lowest BCUT2D eigenvalue weighted by Gasteiger charge is -2.47. The first-order valence-electron chi connectivity index (χ1n) is 10.9. The average Bonchev–Trinajstić information content (AvgIpc) is 2.66. The van der Waals surface area contributed by atoms with Gasteiger partial charge in [-0.3, -0.25) is 4.79 Å². The molecule has 2 aliphatic rings. The second-order valence-corrected chi connectivity index (χ2v) is 9.22. The smallest absolute Gasteiger partial charge is 0.317 e. The topological polar surface area (TPSA) is 70.7 Å². The molecule has 1 fully saturated rings. The molecule has 2 aliphatic heterocycles. The van der Waals surface area contributed by atoms with Crippen molar-refractivity contribution in [1.82, 2.24) is 15.5 Å². The van der Waals surface area contributed by atoms with Gasteiger partial charge >= 0.3 is 6.03 Å². The Morgan fingerprint density at radius 3 is 2.52 bits per heavy atom. The molecule has 1 unspecified atom stereocenters. The standard InChI is InChI=1S/C23H35N3O3/c1-16(2)15-24-21(27)13-18-14-23(29-20-8-6-5-7-19(18)20)9-11-26(12-10-23)22(28)25-17(3)4/h5-8,16-18H,9-15H2,1-4H3,(H,24,27)(H,25,28). The summed E-state index contributed by atoms with van der Waals surface area (Å²) in [5.41, 5.74) is 0.823. The quantitative estimate of drug-likeness (QED) is 0.791. The van der Waals surface area contributed by atoms with E-state index in [-0.39, 0.29) is 29.5 Å². The van der Waals surface area contributed by atoms with Crippen molar-refractivity contribution in [2.75, 3.05) is 19.6 Å². The van der Waals surface area contributed by atoms with Crippen molar-refractivity contribution in [2.24, 2.45) is 5.92 Å². The normalized spacial score (nSPS) is 20.3. The molecule has 0 bridgehead atoms. The zero-order chi connectivity index (χ0) is 21.0. The predicted octanol–water partition coefficient (Wildman–Crippen LogP) is 3.67. The fraction of sp³-hybridized carbons (Fsp3) is 0.652. The van der Waals surface area contributed by atoms with E-state index < -0.39 is 0 Å². The molecule has 6 nitrogen and oxygen atoms in total. The summed E-state index contributed by atoms with van der Waals surface area (Å²) in [6.07, 6.45) is 2.87. The number of amides is 3. The third kappa shape index (κ3) is 5.43. The number of carbonyl (C=O) groups excluding carboxylic acids is 2. The molecule has 1 aromatic rings. The molecular weight excluding hydrogens is 366 g/mol. The number of rotatable bonds is 5. The number of urea groups is 1. The van der Waals surface area contributed by atoms with Gasteiger partial charge < -0.3 is 20.3 Å². The molecule has 2 heterocycles. The summed E-state index contributed by atoms with van der Waals surface area (Å²) in [7, 11) is 0. The average molecular weight is 402 g/mol. The molecule has 29 heavy (non-hydrogen) atoms. The molecule has 2 N–H and O–H groups in total. The molecule has 3 rings (SSSR count). The van der Waals surface area contributed by atoms with Gasteiger partial charge in [0.1, 0.15) is 11.4 Å². The van der Waals surface area contributed by atoms with Crippen molar-refractivity contribution < 1.29 is 14.3 Å². The van der Waals surface area contributed by atoms with Crippen molar-refractivity contribution in [3.63, 3.8) is 0 Å². The Kier molecular flexibility index (Phi) is 6.70. The van der Waals surface area contributed by atoms with Crippen molar-refractivity contribution in [3.05, 3.63) is 29.8 Å². The number of benzene rings is 1. The molecule has 0 radical (unpaired) electrons. The molecule has 3 amide bonds. The van der Waals surface area contributed by atoms with Gasteiger partial charge in [0.15, 0.2) is 0 Å². The highest BCUT2D eigenvalue weighted by Crippen LogP contribution is 2.46. The number of carbonyl (C=O) groups is 2. The Hall–Kier alpha value is -2.24. The van der Waals surface area contributed by atoms with E-state index in [1.807, 2.05) is 36.9 Å². The van der Waals surface area contributed by atoms with Gasteiger partial charge in [0, 0.05) is 50.9 Å². The summed E-state index contributed by atoms with van der Waals surface area (Å²) in [6.45, 7) is 10.2. The van der Waals surface area contributed by atoms with Crippen LogP contribution in [-0.2, 0) is 4.79 Å². The van der Waals surface area contributed by atoms with Gasteiger partial charge in [0.2, 0.25) is 5.91 Å². The van der Waals surface area contributed by atoms with E-state index >= 15 is 0 Å². The number of ether oxygens (including phenoxy) is 1. The molecule has 1 atom stereocenters. The fourth-order valence-electron chi connectivity index (χ4n) is 4.30. The maximum atomic E-state index is 12.5. The minimum absolute atomic E-state index is 0.00401. The highest BCUT2D eigenvalue weighted by Gasteiger charge is 2.44. The van der Waals surface area contributed by atoms with Crippen LogP contribution in [0.5, 0.6) is 5.75 Å². The first kappa shape index (κ1) is 21.5. The van der Waals surface area contributed by atoms with Crippen molar-refractivity contribution in [1.29, 1.82) is 0 Å². The predicted molar refractivity (Wildman–Crippen MR) is 114 cm³/mol. The largest absolute Gasteiger partial charge is 0.487 e. The van der Waals surface area contributed by atoms with E-state index in [0.29, 0.717) is 32.0 Å². The minimum Gasteiger partial charge on any atom is -0.487 e. The van der Waals surface area contributed by atoms with E-state index in [1.54, 1.807) is 0 Å². The molecule has 0 aliphatic carbocycles. The summed E-state index contributed by atoms with van der Waals surface area (Å²) >= 11 is 0. The van der Waals surface area contributed by atoms with Gasteiger partial charge in [-0.15, -0.1) is 0 Å². The van der Waals surface area contributed by atoms with E-state index in [0.717, 1.165) is 30.6 Å². The van der Waals surface area contributed by atoms with Gasteiger partial charge in [-0.2, -0.15) is 0 Å². The summed E-state index contributed by atoms with van der Waals surface area (Å²) < 4.78 is 6.49. The van der Waals surface area contributed by atoms with Crippen molar-refractivity contribution in [3.8, 4) is 5.75 Å². The Morgan fingerprint density at radius 2 is 1.86 bits per heavy atom. The van der Waals surface area contributed by atoms with Gasteiger partial charge in [0.05, 0.1) is 0 Å². The second-order valence-electron chi connectivity index (χ2n) is 9.22. The number of nitrogens with one attached hydrogen (secondary N) is 2. The first-order valence-corrected chi connectivity index (χ1v) is 10.9. The maximum Gasteiger partial charge on any atom is 0.317 e. The number of likely N-dealkylation sites (tertiary alicyclic amines) is 1. The summed E-state index contributed by atoms with van der Waals surface area (Å²) in [6, 6.07) is 8.21. The number of para-hydroxylation sites is 1. The lowest BCUT2D eigenvalue weighted by atomic mass is 9.76. The molecule has 0 saturated carbocycles. The van der Waals surface area contributed by atoms with Crippen molar-refractivity contribution in [2.45, 2.75) is 70.9 Å². The molecule has 6 heteroatoms. The molecule has 1 spiro atoms. The van der Waals surface area contributed by atoms with Crippen LogP contribution >= 0.6 is 0 Å². The van der Waals surface area contributed by atoms with E-state index in [2.05, 4.69) is 30.5 Å². The van der Waals surface area contributed by atoms with Crippen LogP contribution in [0.15, 0.2) is 24.3 Å². The van der Waals surface area contributed by atoms with Crippen LogP contribution in [0.4, 0.5) is 4.79 Å². The van der Waals surface area contributed by atoms with Gasteiger partial charge in [-0.25, -0.2) is 4.79 Å². The SMILES string of the molecule is CC(C)CNC(=O)CC1CC2(CCN(C(=O)NC(C)C)CC2)Oc2ccccc21. The molecule has 1 aromatic carbocycles. The Bertz CT molecular complexity index is 724. The molecule has 1 saturated heterocycles.